The fourth-order valence-electron chi connectivity index (χ4n) is 1.91. The van der Waals surface area contributed by atoms with Crippen LogP contribution in [0.25, 0.3) is 5.95 Å². The zero-order valence-electron chi connectivity index (χ0n) is 12.0. The van der Waals surface area contributed by atoms with Crippen molar-refractivity contribution < 1.29 is 0 Å². The first-order chi connectivity index (χ1) is 9.69. The van der Waals surface area contributed by atoms with Gasteiger partial charge in [-0.2, -0.15) is 20.1 Å². The molecule has 0 spiro atoms. The standard InChI is InChI=1S/C12H20N8/c1-4-9(3)19(5-2)11-15-10(18-13)16-12(17-11)20-8-6-7-14-20/h6-9H,4-5,13H2,1-3H3,(H,15,16,17,18). The Morgan fingerprint density at radius 2 is 2.15 bits per heavy atom. The molecule has 0 aromatic carbocycles. The van der Waals surface area contributed by atoms with Crippen molar-refractivity contribution >= 4 is 11.9 Å². The first-order valence-electron chi connectivity index (χ1n) is 6.68. The van der Waals surface area contributed by atoms with Gasteiger partial charge in [0, 0.05) is 25.0 Å². The summed E-state index contributed by atoms with van der Waals surface area (Å²) in [6, 6.07) is 2.14. The van der Waals surface area contributed by atoms with E-state index in [0.29, 0.717) is 23.9 Å². The molecule has 0 saturated carbocycles. The molecule has 0 fully saturated rings. The van der Waals surface area contributed by atoms with E-state index in [9.17, 15) is 0 Å². The number of aromatic nitrogens is 5. The predicted molar refractivity (Wildman–Crippen MR) is 77.5 cm³/mol. The van der Waals surface area contributed by atoms with E-state index in [2.05, 4.69) is 51.1 Å². The molecule has 1 atom stereocenters. The maximum Gasteiger partial charge on any atom is 0.257 e. The summed E-state index contributed by atoms with van der Waals surface area (Å²) < 4.78 is 1.58. The number of hydrogen-bond donors (Lipinski definition) is 2. The molecule has 8 heteroatoms. The summed E-state index contributed by atoms with van der Waals surface area (Å²) in [6.07, 6.45) is 4.45. The third-order valence-corrected chi connectivity index (χ3v) is 3.17. The fraction of sp³-hybridized carbons (Fsp3) is 0.500. The number of nitrogens with one attached hydrogen (secondary N) is 1. The molecule has 108 valence electrons. The third-order valence-electron chi connectivity index (χ3n) is 3.17. The van der Waals surface area contributed by atoms with E-state index in [1.54, 1.807) is 17.1 Å². The number of nitrogen functional groups attached to an aromatic ring is 1. The molecular formula is C12H20N8. The highest BCUT2D eigenvalue weighted by atomic mass is 15.4. The van der Waals surface area contributed by atoms with Crippen molar-refractivity contribution in [2.45, 2.75) is 33.2 Å². The fourth-order valence-corrected chi connectivity index (χ4v) is 1.91. The molecule has 0 bridgehead atoms. The van der Waals surface area contributed by atoms with Gasteiger partial charge in [-0.25, -0.2) is 10.5 Å². The van der Waals surface area contributed by atoms with Gasteiger partial charge in [-0.15, -0.1) is 0 Å². The highest BCUT2D eigenvalue weighted by Gasteiger charge is 2.17. The normalized spacial score (nSPS) is 12.2. The molecule has 0 amide bonds. The first-order valence-corrected chi connectivity index (χ1v) is 6.68. The molecule has 2 heterocycles. The number of hydrazine groups is 1. The molecule has 20 heavy (non-hydrogen) atoms. The molecule has 0 aliphatic heterocycles. The van der Waals surface area contributed by atoms with Crippen LogP contribution < -0.4 is 16.2 Å². The topological polar surface area (TPSA) is 97.8 Å². The third kappa shape index (κ3) is 2.85. The second-order valence-corrected chi connectivity index (χ2v) is 4.40. The lowest BCUT2D eigenvalue weighted by molar-refractivity contribution is 0.610. The SMILES string of the molecule is CCC(C)N(CC)c1nc(NN)nc(-n2cccn2)n1. The maximum atomic E-state index is 5.44. The van der Waals surface area contributed by atoms with E-state index in [4.69, 9.17) is 5.84 Å². The summed E-state index contributed by atoms with van der Waals surface area (Å²) in [5.74, 6) is 6.79. The Bertz CT molecular complexity index is 538. The van der Waals surface area contributed by atoms with Crippen LogP contribution in [0.4, 0.5) is 11.9 Å². The van der Waals surface area contributed by atoms with E-state index in [-0.39, 0.29) is 0 Å². The molecule has 8 nitrogen and oxygen atoms in total. The van der Waals surface area contributed by atoms with Crippen molar-refractivity contribution in [2.24, 2.45) is 5.84 Å². The van der Waals surface area contributed by atoms with E-state index in [1.165, 1.54) is 0 Å². The number of nitrogens with two attached hydrogens (primary N) is 1. The molecule has 0 aliphatic carbocycles. The minimum absolute atomic E-state index is 0.322. The monoisotopic (exact) mass is 276 g/mol. The summed E-state index contributed by atoms with van der Waals surface area (Å²) >= 11 is 0. The number of anilines is 2. The van der Waals surface area contributed by atoms with Crippen molar-refractivity contribution in [3.63, 3.8) is 0 Å². The van der Waals surface area contributed by atoms with E-state index in [1.807, 2.05) is 6.07 Å². The van der Waals surface area contributed by atoms with Gasteiger partial charge in [-0.3, -0.25) is 5.43 Å². The van der Waals surface area contributed by atoms with Gasteiger partial charge in [0.05, 0.1) is 0 Å². The largest absolute Gasteiger partial charge is 0.338 e. The van der Waals surface area contributed by atoms with Crippen LogP contribution in [-0.2, 0) is 0 Å². The summed E-state index contributed by atoms with van der Waals surface area (Å²) in [7, 11) is 0. The second kappa shape index (κ2) is 6.29. The lowest BCUT2D eigenvalue weighted by Crippen LogP contribution is -2.34. The van der Waals surface area contributed by atoms with Gasteiger partial charge >= 0.3 is 0 Å². The highest BCUT2D eigenvalue weighted by Crippen LogP contribution is 2.16. The van der Waals surface area contributed by atoms with Crippen LogP contribution in [0.5, 0.6) is 0 Å². The first kappa shape index (κ1) is 14.2. The van der Waals surface area contributed by atoms with Crippen LogP contribution in [0.3, 0.4) is 0 Å². The average Bonchev–Trinajstić information content (AvgIpc) is 3.01. The van der Waals surface area contributed by atoms with E-state index in [0.717, 1.165) is 13.0 Å². The Balaban J connectivity index is 2.44. The van der Waals surface area contributed by atoms with Gasteiger partial charge in [0.15, 0.2) is 0 Å². The molecule has 2 aromatic rings. The van der Waals surface area contributed by atoms with Crippen LogP contribution in [-0.4, -0.2) is 37.3 Å². The van der Waals surface area contributed by atoms with Gasteiger partial charge in [0.1, 0.15) is 0 Å². The quantitative estimate of drug-likeness (QED) is 0.599. The van der Waals surface area contributed by atoms with Crippen LogP contribution in [0, 0.1) is 0 Å². The molecule has 2 aromatic heterocycles. The van der Waals surface area contributed by atoms with E-state index >= 15 is 0 Å². The van der Waals surface area contributed by atoms with Gasteiger partial charge in [0.2, 0.25) is 11.9 Å². The van der Waals surface area contributed by atoms with Crippen LogP contribution in [0.2, 0.25) is 0 Å². The van der Waals surface area contributed by atoms with Gasteiger partial charge in [0.25, 0.3) is 5.95 Å². The average molecular weight is 276 g/mol. The Morgan fingerprint density at radius 3 is 2.70 bits per heavy atom. The molecule has 0 aliphatic rings. The zero-order valence-corrected chi connectivity index (χ0v) is 12.0. The van der Waals surface area contributed by atoms with Crippen LogP contribution >= 0.6 is 0 Å². The molecule has 3 N–H and O–H groups in total. The van der Waals surface area contributed by atoms with Crippen molar-refractivity contribution in [3.05, 3.63) is 18.5 Å². The summed E-state index contributed by atoms with van der Waals surface area (Å²) in [6.45, 7) is 7.14. The smallest absolute Gasteiger partial charge is 0.257 e. The maximum absolute atomic E-state index is 5.44. The number of rotatable bonds is 6. The van der Waals surface area contributed by atoms with Gasteiger partial charge in [-0.1, -0.05) is 6.92 Å². The lowest BCUT2D eigenvalue weighted by Gasteiger charge is -2.27. The summed E-state index contributed by atoms with van der Waals surface area (Å²) in [4.78, 5) is 15.1. The van der Waals surface area contributed by atoms with Crippen molar-refractivity contribution in [2.75, 3.05) is 16.9 Å². The van der Waals surface area contributed by atoms with Crippen molar-refractivity contribution in [3.8, 4) is 5.95 Å². The molecule has 1 unspecified atom stereocenters. The molecular weight excluding hydrogens is 256 g/mol. The van der Waals surface area contributed by atoms with Gasteiger partial charge < -0.3 is 4.90 Å². The van der Waals surface area contributed by atoms with Crippen LogP contribution in [0.1, 0.15) is 27.2 Å². The Kier molecular flexibility index (Phi) is 4.46. The Morgan fingerprint density at radius 1 is 1.35 bits per heavy atom. The minimum Gasteiger partial charge on any atom is -0.338 e. The molecule has 0 saturated heterocycles. The summed E-state index contributed by atoms with van der Waals surface area (Å²) in [5, 5.41) is 4.13. The second-order valence-electron chi connectivity index (χ2n) is 4.40. The van der Waals surface area contributed by atoms with E-state index < -0.39 is 0 Å². The number of hydrogen-bond acceptors (Lipinski definition) is 7. The summed E-state index contributed by atoms with van der Waals surface area (Å²) in [5.41, 5.74) is 2.48. The van der Waals surface area contributed by atoms with Crippen LogP contribution in [0.15, 0.2) is 18.5 Å². The van der Waals surface area contributed by atoms with Gasteiger partial charge in [-0.05, 0) is 26.3 Å². The molecule has 0 radical (unpaired) electrons. The Labute approximate surface area is 118 Å². The zero-order chi connectivity index (χ0) is 14.5. The highest BCUT2D eigenvalue weighted by molar-refractivity contribution is 5.40. The molecule has 2 rings (SSSR count). The minimum atomic E-state index is 0.322. The Hall–Kier alpha value is -2.22. The van der Waals surface area contributed by atoms with Crippen molar-refractivity contribution in [1.82, 2.24) is 24.7 Å². The lowest BCUT2D eigenvalue weighted by atomic mass is 10.2. The van der Waals surface area contributed by atoms with Crippen molar-refractivity contribution in [1.29, 1.82) is 0 Å². The number of nitrogens with zero attached hydrogens (tertiary/aromatic N) is 6. The predicted octanol–water partition coefficient (Wildman–Crippen LogP) is 0.968.